The van der Waals surface area contributed by atoms with E-state index in [0.29, 0.717) is 21.9 Å². The lowest BCUT2D eigenvalue weighted by Crippen LogP contribution is -2.04. The Hall–Kier alpha value is -1.58. The van der Waals surface area contributed by atoms with Crippen LogP contribution in [0.25, 0.3) is 0 Å². The van der Waals surface area contributed by atoms with Gasteiger partial charge in [0.1, 0.15) is 17.7 Å². The van der Waals surface area contributed by atoms with Gasteiger partial charge < -0.3 is 9.84 Å². The van der Waals surface area contributed by atoms with Gasteiger partial charge in [0.25, 0.3) is 0 Å². The van der Waals surface area contributed by atoms with E-state index in [1.165, 1.54) is 7.11 Å². The van der Waals surface area contributed by atoms with Crippen LogP contribution in [0.15, 0.2) is 36.4 Å². The SMILES string of the molecule is COc1ccc(C(O)c2cccc(C)c2F)c(Cl)c1. The Morgan fingerprint density at radius 3 is 2.58 bits per heavy atom. The molecule has 0 fully saturated rings. The average Bonchev–Trinajstić information content (AvgIpc) is 2.41. The molecule has 1 atom stereocenters. The zero-order valence-electron chi connectivity index (χ0n) is 10.7. The molecule has 0 aliphatic rings. The molecule has 0 radical (unpaired) electrons. The first-order valence-electron chi connectivity index (χ1n) is 5.81. The van der Waals surface area contributed by atoms with Crippen molar-refractivity contribution in [1.82, 2.24) is 0 Å². The van der Waals surface area contributed by atoms with Crippen LogP contribution >= 0.6 is 11.6 Å². The monoisotopic (exact) mass is 280 g/mol. The fourth-order valence-corrected chi connectivity index (χ4v) is 2.18. The minimum absolute atomic E-state index is 0.215. The van der Waals surface area contributed by atoms with Crippen molar-refractivity contribution in [2.24, 2.45) is 0 Å². The van der Waals surface area contributed by atoms with Crippen molar-refractivity contribution in [3.05, 3.63) is 63.9 Å². The molecular formula is C15H14ClFO2. The number of aryl methyl sites for hydroxylation is 1. The van der Waals surface area contributed by atoms with Crippen LogP contribution in [-0.4, -0.2) is 12.2 Å². The second kappa shape index (κ2) is 5.59. The summed E-state index contributed by atoms with van der Waals surface area (Å²) >= 11 is 6.08. The predicted molar refractivity (Wildman–Crippen MR) is 73.2 cm³/mol. The van der Waals surface area contributed by atoms with Gasteiger partial charge in [-0.25, -0.2) is 4.39 Å². The summed E-state index contributed by atoms with van der Waals surface area (Å²) in [4.78, 5) is 0. The number of aliphatic hydroxyl groups is 1. The van der Waals surface area contributed by atoms with Gasteiger partial charge in [0, 0.05) is 11.1 Å². The molecule has 0 spiro atoms. The van der Waals surface area contributed by atoms with Gasteiger partial charge in [-0.3, -0.25) is 0 Å². The predicted octanol–water partition coefficient (Wildman–Crippen LogP) is 3.88. The van der Waals surface area contributed by atoms with Crippen LogP contribution in [0.5, 0.6) is 5.75 Å². The normalized spacial score (nSPS) is 12.3. The van der Waals surface area contributed by atoms with Gasteiger partial charge in [-0.1, -0.05) is 35.9 Å². The van der Waals surface area contributed by atoms with Gasteiger partial charge >= 0.3 is 0 Å². The van der Waals surface area contributed by atoms with Crippen molar-refractivity contribution in [2.45, 2.75) is 13.0 Å². The van der Waals surface area contributed by atoms with Gasteiger partial charge in [0.15, 0.2) is 0 Å². The summed E-state index contributed by atoms with van der Waals surface area (Å²) in [6.07, 6.45) is -1.10. The lowest BCUT2D eigenvalue weighted by molar-refractivity contribution is 0.214. The molecule has 1 unspecified atom stereocenters. The lowest BCUT2D eigenvalue weighted by Gasteiger charge is -2.15. The van der Waals surface area contributed by atoms with Crippen LogP contribution in [0.2, 0.25) is 5.02 Å². The van der Waals surface area contributed by atoms with Gasteiger partial charge in [0.2, 0.25) is 0 Å². The molecule has 0 heterocycles. The highest BCUT2D eigenvalue weighted by atomic mass is 35.5. The maximum atomic E-state index is 14.0. The van der Waals surface area contributed by atoms with Crippen LogP contribution in [0, 0.1) is 12.7 Å². The van der Waals surface area contributed by atoms with Crippen LogP contribution in [0.3, 0.4) is 0 Å². The topological polar surface area (TPSA) is 29.5 Å². The number of rotatable bonds is 3. The molecule has 0 amide bonds. The fourth-order valence-electron chi connectivity index (χ4n) is 1.91. The maximum absolute atomic E-state index is 14.0. The number of aliphatic hydroxyl groups excluding tert-OH is 1. The number of halogens is 2. The lowest BCUT2D eigenvalue weighted by atomic mass is 9.99. The Morgan fingerprint density at radius 2 is 1.95 bits per heavy atom. The Morgan fingerprint density at radius 1 is 1.21 bits per heavy atom. The van der Waals surface area contributed by atoms with Crippen LogP contribution in [-0.2, 0) is 0 Å². The molecule has 2 rings (SSSR count). The van der Waals surface area contributed by atoms with E-state index >= 15 is 0 Å². The third kappa shape index (κ3) is 2.72. The Bertz CT molecular complexity index is 599. The van der Waals surface area contributed by atoms with E-state index in [0.717, 1.165) is 0 Å². The summed E-state index contributed by atoms with van der Waals surface area (Å²) in [6.45, 7) is 1.65. The van der Waals surface area contributed by atoms with Gasteiger partial charge in [-0.05, 0) is 24.6 Å². The van der Waals surface area contributed by atoms with Crippen molar-refractivity contribution in [3.8, 4) is 5.75 Å². The largest absolute Gasteiger partial charge is 0.497 e. The van der Waals surface area contributed by atoms with E-state index in [9.17, 15) is 9.50 Å². The number of hydrogen-bond acceptors (Lipinski definition) is 2. The van der Waals surface area contributed by atoms with E-state index in [4.69, 9.17) is 16.3 Å². The highest BCUT2D eigenvalue weighted by Gasteiger charge is 2.18. The molecule has 0 aliphatic heterocycles. The summed E-state index contributed by atoms with van der Waals surface area (Å²) in [5.74, 6) is 0.174. The Balaban J connectivity index is 2.44. The van der Waals surface area contributed by atoms with Crippen LogP contribution in [0.4, 0.5) is 4.39 Å². The first-order valence-corrected chi connectivity index (χ1v) is 6.19. The molecule has 2 aromatic rings. The number of methoxy groups -OCH3 is 1. The van der Waals surface area contributed by atoms with Gasteiger partial charge in [-0.2, -0.15) is 0 Å². The second-order valence-corrected chi connectivity index (χ2v) is 4.68. The minimum atomic E-state index is -1.10. The molecule has 19 heavy (non-hydrogen) atoms. The fraction of sp³-hybridized carbons (Fsp3) is 0.200. The quantitative estimate of drug-likeness (QED) is 0.924. The summed E-state index contributed by atoms with van der Waals surface area (Å²) in [7, 11) is 1.53. The summed E-state index contributed by atoms with van der Waals surface area (Å²) in [6, 6.07) is 9.81. The summed E-state index contributed by atoms with van der Waals surface area (Å²) < 4.78 is 19.0. The number of hydrogen-bond donors (Lipinski definition) is 1. The Labute approximate surface area is 116 Å². The minimum Gasteiger partial charge on any atom is -0.497 e. The van der Waals surface area contributed by atoms with Crippen molar-refractivity contribution >= 4 is 11.6 Å². The van der Waals surface area contributed by atoms with Gasteiger partial charge in [0.05, 0.1) is 12.1 Å². The number of benzene rings is 2. The van der Waals surface area contributed by atoms with Crippen molar-refractivity contribution in [3.63, 3.8) is 0 Å². The van der Waals surface area contributed by atoms with Crippen LogP contribution in [0.1, 0.15) is 22.8 Å². The zero-order valence-corrected chi connectivity index (χ0v) is 11.4. The molecule has 1 N–H and O–H groups in total. The standard InChI is InChI=1S/C15H14ClFO2/c1-9-4-3-5-12(14(9)17)15(18)11-7-6-10(19-2)8-13(11)16/h3-8,15,18H,1-2H3. The summed E-state index contributed by atoms with van der Waals surface area (Å²) in [5.41, 5.74) is 1.15. The molecule has 2 nitrogen and oxygen atoms in total. The van der Waals surface area contributed by atoms with Crippen molar-refractivity contribution in [2.75, 3.05) is 7.11 Å². The smallest absolute Gasteiger partial charge is 0.132 e. The molecule has 0 saturated heterocycles. The third-order valence-corrected chi connectivity index (χ3v) is 3.35. The Kier molecular flexibility index (Phi) is 4.08. The van der Waals surface area contributed by atoms with E-state index in [1.807, 2.05) is 0 Å². The number of ether oxygens (including phenoxy) is 1. The first kappa shape index (κ1) is 13.8. The average molecular weight is 281 g/mol. The summed E-state index contributed by atoms with van der Waals surface area (Å²) in [5, 5.41) is 10.6. The highest BCUT2D eigenvalue weighted by molar-refractivity contribution is 6.31. The zero-order chi connectivity index (χ0) is 14.0. The van der Waals surface area contributed by atoms with E-state index in [1.54, 1.807) is 43.3 Å². The maximum Gasteiger partial charge on any atom is 0.132 e. The van der Waals surface area contributed by atoms with Gasteiger partial charge in [-0.15, -0.1) is 0 Å². The third-order valence-electron chi connectivity index (χ3n) is 3.02. The molecule has 4 heteroatoms. The first-order chi connectivity index (χ1) is 9.04. The molecular weight excluding hydrogens is 267 g/mol. The van der Waals surface area contributed by atoms with E-state index in [-0.39, 0.29) is 5.56 Å². The molecule has 0 aromatic heterocycles. The molecule has 100 valence electrons. The highest BCUT2D eigenvalue weighted by Crippen LogP contribution is 2.32. The molecule has 0 saturated carbocycles. The molecule has 2 aromatic carbocycles. The van der Waals surface area contributed by atoms with Crippen molar-refractivity contribution in [1.29, 1.82) is 0 Å². The van der Waals surface area contributed by atoms with Crippen molar-refractivity contribution < 1.29 is 14.2 Å². The molecule has 0 bridgehead atoms. The second-order valence-electron chi connectivity index (χ2n) is 4.27. The van der Waals surface area contributed by atoms with Crippen LogP contribution < -0.4 is 4.74 Å². The van der Waals surface area contributed by atoms with E-state index in [2.05, 4.69) is 0 Å². The molecule has 0 aliphatic carbocycles. The van der Waals surface area contributed by atoms with E-state index < -0.39 is 11.9 Å².